The molecule has 1 spiro atoms. The number of amides is 2. The van der Waals surface area contributed by atoms with Crippen molar-refractivity contribution in [2.45, 2.75) is 11.7 Å². The van der Waals surface area contributed by atoms with Gasteiger partial charge in [0, 0.05) is 17.3 Å². The molecule has 0 aromatic heterocycles. The molecule has 126 valence electrons. The third-order valence-corrected chi connectivity index (χ3v) is 5.20. The molecule has 6 nitrogen and oxygen atoms in total. The molecule has 3 heterocycles. The maximum atomic E-state index is 13.0. The number of aliphatic hydroxyl groups excluding tert-OH is 1. The van der Waals surface area contributed by atoms with Gasteiger partial charge in [-0.15, -0.1) is 0 Å². The summed E-state index contributed by atoms with van der Waals surface area (Å²) in [6, 6.07) is 7.04. The van der Waals surface area contributed by atoms with Gasteiger partial charge >= 0.3 is 0 Å². The minimum Gasteiger partial charge on any atom is -0.395 e. The van der Waals surface area contributed by atoms with E-state index in [1.807, 2.05) is 12.2 Å². The molecule has 0 saturated carbocycles. The molecule has 7 heteroatoms. The molecule has 1 aromatic carbocycles. The molecule has 0 unspecified atom stereocenters. The molecule has 4 atom stereocenters. The van der Waals surface area contributed by atoms with Crippen LogP contribution < -0.4 is 10.2 Å². The van der Waals surface area contributed by atoms with Gasteiger partial charge in [-0.25, -0.2) is 0 Å². The highest BCUT2D eigenvalue weighted by Crippen LogP contribution is 2.52. The highest BCUT2D eigenvalue weighted by atomic mass is 35.5. The Bertz CT molecular complexity index is 720. The third-order valence-electron chi connectivity index (χ3n) is 4.95. The van der Waals surface area contributed by atoms with Crippen LogP contribution in [-0.2, 0) is 14.3 Å². The number of carbonyl (C=O) groups is 2. The molecule has 3 aliphatic rings. The summed E-state index contributed by atoms with van der Waals surface area (Å²) in [4.78, 5) is 27.1. The lowest BCUT2D eigenvalue weighted by Crippen LogP contribution is -2.44. The normalized spacial score (nSPS) is 33.2. The number of anilines is 1. The number of ether oxygens (including phenoxy) is 1. The van der Waals surface area contributed by atoms with Crippen LogP contribution >= 0.6 is 11.6 Å². The number of rotatable bonds is 4. The summed E-state index contributed by atoms with van der Waals surface area (Å²) in [5, 5.41) is 12.2. The average molecular weight is 349 g/mol. The predicted octanol–water partition coefficient (Wildman–Crippen LogP) is 0.735. The Hall–Kier alpha value is -1.89. The summed E-state index contributed by atoms with van der Waals surface area (Å²) in [6.45, 7) is 0.413. The summed E-state index contributed by atoms with van der Waals surface area (Å²) >= 11 is 5.91. The average Bonchev–Trinajstić information content (AvgIpc) is 3.22. The lowest BCUT2D eigenvalue weighted by atomic mass is 9.77. The molecular formula is C17H17ClN2O4. The second-order valence-electron chi connectivity index (χ2n) is 6.32. The number of hydrogen-bond donors (Lipinski definition) is 2. The number of halogens is 1. The number of nitrogens with zero attached hydrogens (tertiary/aromatic N) is 1. The van der Waals surface area contributed by atoms with Crippen LogP contribution in [0.15, 0.2) is 36.4 Å². The molecule has 2 saturated heterocycles. The maximum absolute atomic E-state index is 13.0. The van der Waals surface area contributed by atoms with Gasteiger partial charge in [-0.3, -0.25) is 9.59 Å². The van der Waals surface area contributed by atoms with Crippen molar-refractivity contribution in [3.05, 3.63) is 41.4 Å². The van der Waals surface area contributed by atoms with E-state index in [4.69, 9.17) is 21.4 Å². The van der Waals surface area contributed by atoms with E-state index in [1.54, 1.807) is 29.2 Å². The molecule has 2 N–H and O–H groups in total. The zero-order chi connectivity index (χ0) is 16.9. The van der Waals surface area contributed by atoms with Gasteiger partial charge in [0.05, 0.1) is 31.1 Å². The number of fused-ring (bicyclic) bond motifs is 1. The monoisotopic (exact) mass is 348 g/mol. The maximum Gasteiger partial charge on any atom is 0.234 e. The first-order valence-electron chi connectivity index (χ1n) is 7.88. The van der Waals surface area contributed by atoms with Gasteiger partial charge in [-0.1, -0.05) is 23.8 Å². The van der Waals surface area contributed by atoms with Crippen LogP contribution in [0.2, 0.25) is 5.02 Å². The fourth-order valence-corrected chi connectivity index (χ4v) is 4.06. The van der Waals surface area contributed by atoms with E-state index in [0.29, 0.717) is 11.6 Å². The largest absolute Gasteiger partial charge is 0.395 e. The van der Waals surface area contributed by atoms with E-state index in [1.165, 1.54) is 0 Å². The van der Waals surface area contributed by atoms with Crippen molar-refractivity contribution in [2.75, 3.05) is 24.6 Å². The number of hydrogen-bond acceptors (Lipinski definition) is 4. The van der Waals surface area contributed by atoms with E-state index in [0.717, 1.165) is 5.69 Å². The second kappa shape index (κ2) is 5.58. The van der Waals surface area contributed by atoms with Crippen LogP contribution in [0.1, 0.15) is 0 Å². The first-order valence-corrected chi connectivity index (χ1v) is 8.26. The van der Waals surface area contributed by atoms with Crippen molar-refractivity contribution in [1.82, 2.24) is 5.32 Å². The van der Waals surface area contributed by atoms with Crippen LogP contribution in [0.4, 0.5) is 5.69 Å². The number of carbonyl (C=O) groups excluding carboxylic acids is 2. The molecule has 0 aliphatic carbocycles. The molecule has 1 aromatic rings. The van der Waals surface area contributed by atoms with Crippen LogP contribution in [0, 0.1) is 11.8 Å². The van der Waals surface area contributed by atoms with Crippen molar-refractivity contribution >= 4 is 29.1 Å². The molecule has 0 radical (unpaired) electrons. The number of benzene rings is 1. The van der Waals surface area contributed by atoms with Gasteiger partial charge in [-0.05, 0) is 24.3 Å². The summed E-state index contributed by atoms with van der Waals surface area (Å²) in [5.41, 5.74) is -0.00839. The van der Waals surface area contributed by atoms with Gasteiger partial charge < -0.3 is 20.1 Å². The van der Waals surface area contributed by atoms with Gasteiger partial charge in [-0.2, -0.15) is 0 Å². The molecule has 2 fully saturated rings. The Morgan fingerprint density at radius 2 is 2.17 bits per heavy atom. The van der Waals surface area contributed by atoms with E-state index < -0.39 is 17.4 Å². The van der Waals surface area contributed by atoms with Crippen LogP contribution in [0.3, 0.4) is 0 Å². The predicted molar refractivity (Wildman–Crippen MR) is 87.6 cm³/mol. The van der Waals surface area contributed by atoms with Crippen molar-refractivity contribution in [3.63, 3.8) is 0 Å². The van der Waals surface area contributed by atoms with E-state index in [9.17, 15) is 9.59 Å². The van der Waals surface area contributed by atoms with Crippen molar-refractivity contribution in [1.29, 1.82) is 0 Å². The summed E-state index contributed by atoms with van der Waals surface area (Å²) in [7, 11) is 0. The minimum absolute atomic E-state index is 0.117. The van der Waals surface area contributed by atoms with Crippen molar-refractivity contribution in [2.24, 2.45) is 11.8 Å². The Balaban J connectivity index is 1.64. The zero-order valence-electron chi connectivity index (χ0n) is 12.8. The van der Waals surface area contributed by atoms with Gasteiger partial charge in [0.1, 0.15) is 5.60 Å². The van der Waals surface area contributed by atoms with E-state index in [2.05, 4.69) is 5.32 Å². The Morgan fingerprint density at radius 1 is 1.42 bits per heavy atom. The lowest BCUT2D eigenvalue weighted by Gasteiger charge is -2.23. The van der Waals surface area contributed by atoms with Crippen molar-refractivity contribution < 1.29 is 19.4 Å². The first kappa shape index (κ1) is 15.6. The molecule has 3 aliphatic heterocycles. The first-order chi connectivity index (χ1) is 11.6. The Labute approximate surface area is 144 Å². The molecule has 2 bridgehead atoms. The van der Waals surface area contributed by atoms with Gasteiger partial charge in [0.25, 0.3) is 0 Å². The summed E-state index contributed by atoms with van der Waals surface area (Å²) in [6.07, 6.45) is 3.38. The third kappa shape index (κ3) is 2.17. The molecule has 2 amide bonds. The fraction of sp³-hybridized carbons (Fsp3) is 0.412. The SMILES string of the molecule is O=C(NCCO)[C@H]1[C@H]2C(=O)N(c3ccc(Cl)cc3)C[C@@]23C=C[C@H]1O3. The standard InChI is InChI=1S/C17H17ClN2O4/c18-10-1-3-11(4-2-10)20-9-17-6-5-12(24-17)13(14(17)16(20)23)15(22)19-7-8-21/h1-6,12-14,21H,7-9H2,(H,19,22)/t12-,13-,14+,17+/m1/s1. The number of aliphatic hydroxyl groups is 1. The summed E-state index contributed by atoms with van der Waals surface area (Å²) < 4.78 is 6.02. The van der Waals surface area contributed by atoms with E-state index >= 15 is 0 Å². The minimum atomic E-state index is -0.747. The van der Waals surface area contributed by atoms with Gasteiger partial charge in [0.15, 0.2) is 0 Å². The lowest BCUT2D eigenvalue weighted by molar-refractivity contribution is -0.132. The van der Waals surface area contributed by atoms with E-state index in [-0.39, 0.29) is 31.1 Å². The Kier molecular flexibility index (Phi) is 3.63. The van der Waals surface area contributed by atoms with Crippen LogP contribution in [0.25, 0.3) is 0 Å². The topological polar surface area (TPSA) is 78.9 Å². The molecular weight excluding hydrogens is 332 g/mol. The fourth-order valence-electron chi connectivity index (χ4n) is 3.93. The van der Waals surface area contributed by atoms with Gasteiger partial charge in [0.2, 0.25) is 11.8 Å². The van der Waals surface area contributed by atoms with Crippen LogP contribution in [0.5, 0.6) is 0 Å². The molecule has 4 rings (SSSR count). The zero-order valence-corrected chi connectivity index (χ0v) is 13.6. The molecule has 24 heavy (non-hydrogen) atoms. The Morgan fingerprint density at radius 3 is 2.88 bits per heavy atom. The highest BCUT2D eigenvalue weighted by Gasteiger charge is 2.66. The van der Waals surface area contributed by atoms with Crippen molar-refractivity contribution in [3.8, 4) is 0 Å². The highest BCUT2D eigenvalue weighted by molar-refractivity contribution is 6.30. The quantitative estimate of drug-likeness (QED) is 0.786. The second-order valence-corrected chi connectivity index (χ2v) is 6.75. The number of nitrogens with one attached hydrogen (secondary N) is 1. The summed E-state index contributed by atoms with van der Waals surface area (Å²) in [5.74, 6) is -1.47. The van der Waals surface area contributed by atoms with Crippen LogP contribution in [-0.4, -0.2) is 48.3 Å². The smallest absolute Gasteiger partial charge is 0.234 e.